The summed E-state index contributed by atoms with van der Waals surface area (Å²) in [7, 11) is 0. The van der Waals surface area contributed by atoms with Crippen LogP contribution in [0, 0.1) is 0 Å². The molecule has 96 valence electrons. The van der Waals surface area contributed by atoms with Crippen LogP contribution in [0.2, 0.25) is 5.28 Å². The van der Waals surface area contributed by atoms with E-state index < -0.39 is 0 Å². The first-order valence-electron chi connectivity index (χ1n) is 5.96. The summed E-state index contributed by atoms with van der Waals surface area (Å²) in [6, 6.07) is 0. The van der Waals surface area contributed by atoms with E-state index in [1.807, 2.05) is 24.3 Å². The van der Waals surface area contributed by atoms with Gasteiger partial charge in [-0.3, -0.25) is 0 Å². The number of rotatable bonds is 4. The molecule has 0 aliphatic heterocycles. The molecule has 0 spiro atoms. The Hall–Kier alpha value is -2.14. The van der Waals surface area contributed by atoms with Gasteiger partial charge in [0.15, 0.2) is 0 Å². The van der Waals surface area contributed by atoms with Gasteiger partial charge in [-0.25, -0.2) is 0 Å². The van der Waals surface area contributed by atoms with Crippen LogP contribution < -0.4 is 10.6 Å². The van der Waals surface area contributed by atoms with E-state index in [2.05, 4.69) is 37.7 Å². The van der Waals surface area contributed by atoms with E-state index in [-0.39, 0.29) is 5.28 Å². The molecule has 0 atom stereocenters. The molecule has 1 aromatic rings. The van der Waals surface area contributed by atoms with E-state index >= 15 is 0 Å². The number of allylic oxidation sites excluding steroid dienone is 6. The summed E-state index contributed by atoms with van der Waals surface area (Å²) < 4.78 is 0. The van der Waals surface area contributed by atoms with Crippen LogP contribution in [-0.4, -0.2) is 15.0 Å². The first-order valence-corrected chi connectivity index (χ1v) is 6.34. The Morgan fingerprint density at radius 2 is 1.37 bits per heavy atom. The van der Waals surface area contributed by atoms with Crippen LogP contribution in [0.4, 0.5) is 11.9 Å². The minimum Gasteiger partial charge on any atom is -0.327 e. The van der Waals surface area contributed by atoms with Crippen LogP contribution in [0.15, 0.2) is 47.9 Å². The quantitative estimate of drug-likeness (QED) is 0.883. The van der Waals surface area contributed by atoms with Crippen LogP contribution in [0.25, 0.3) is 0 Å². The molecular formula is C13H12ClN5. The third-order valence-electron chi connectivity index (χ3n) is 2.70. The lowest BCUT2D eigenvalue weighted by molar-refractivity contribution is 1.03. The average Bonchev–Trinajstić information content (AvgIpc) is 3.01. The first-order chi connectivity index (χ1) is 9.29. The van der Waals surface area contributed by atoms with Gasteiger partial charge >= 0.3 is 0 Å². The molecule has 1 aromatic heterocycles. The van der Waals surface area contributed by atoms with Crippen LogP contribution in [0.3, 0.4) is 0 Å². The summed E-state index contributed by atoms with van der Waals surface area (Å²) in [5.41, 5.74) is 2.07. The number of hydrogen-bond acceptors (Lipinski definition) is 5. The average molecular weight is 274 g/mol. The fourth-order valence-electron chi connectivity index (χ4n) is 1.83. The summed E-state index contributed by atoms with van der Waals surface area (Å²) in [6.07, 6.45) is 13.7. The largest absolute Gasteiger partial charge is 0.327 e. The van der Waals surface area contributed by atoms with Crippen molar-refractivity contribution in [1.82, 2.24) is 15.0 Å². The third-order valence-corrected chi connectivity index (χ3v) is 2.86. The maximum Gasteiger partial charge on any atom is 0.233 e. The Morgan fingerprint density at radius 1 is 0.842 bits per heavy atom. The van der Waals surface area contributed by atoms with Crippen LogP contribution in [0.5, 0.6) is 0 Å². The maximum absolute atomic E-state index is 5.91. The van der Waals surface area contributed by atoms with Crippen molar-refractivity contribution in [2.45, 2.75) is 12.8 Å². The van der Waals surface area contributed by atoms with Gasteiger partial charge < -0.3 is 10.6 Å². The molecule has 0 saturated carbocycles. The van der Waals surface area contributed by atoms with Gasteiger partial charge in [-0.05, 0) is 23.8 Å². The fourth-order valence-corrected chi connectivity index (χ4v) is 1.99. The molecular weight excluding hydrogens is 262 g/mol. The Kier molecular flexibility index (Phi) is 3.29. The van der Waals surface area contributed by atoms with E-state index in [9.17, 15) is 0 Å². The van der Waals surface area contributed by atoms with Gasteiger partial charge in [0.05, 0.1) is 0 Å². The Labute approximate surface area is 115 Å². The molecule has 3 rings (SSSR count). The second-order valence-corrected chi connectivity index (χ2v) is 4.49. The highest BCUT2D eigenvalue weighted by molar-refractivity contribution is 6.28. The van der Waals surface area contributed by atoms with E-state index in [0.717, 1.165) is 24.2 Å². The van der Waals surface area contributed by atoms with Crippen molar-refractivity contribution in [2.75, 3.05) is 10.6 Å². The Bertz CT molecular complexity index is 565. The molecule has 2 N–H and O–H groups in total. The molecule has 0 unspecified atom stereocenters. The number of hydrogen-bond donors (Lipinski definition) is 2. The van der Waals surface area contributed by atoms with Gasteiger partial charge in [0.2, 0.25) is 17.2 Å². The minimum atomic E-state index is 0.165. The van der Waals surface area contributed by atoms with Gasteiger partial charge in [0, 0.05) is 24.2 Å². The Balaban J connectivity index is 1.75. The summed E-state index contributed by atoms with van der Waals surface area (Å²) in [5, 5.41) is 6.41. The monoisotopic (exact) mass is 273 g/mol. The van der Waals surface area contributed by atoms with Gasteiger partial charge in [0.1, 0.15) is 0 Å². The van der Waals surface area contributed by atoms with Gasteiger partial charge in [-0.15, -0.1) is 0 Å². The molecule has 0 saturated heterocycles. The van der Waals surface area contributed by atoms with Crippen molar-refractivity contribution < 1.29 is 0 Å². The Morgan fingerprint density at radius 3 is 1.79 bits per heavy atom. The zero-order valence-corrected chi connectivity index (χ0v) is 10.9. The van der Waals surface area contributed by atoms with Crippen molar-refractivity contribution in [3.05, 3.63) is 53.1 Å². The molecule has 0 bridgehead atoms. The van der Waals surface area contributed by atoms with Crippen LogP contribution in [-0.2, 0) is 0 Å². The van der Waals surface area contributed by atoms with Gasteiger partial charge in [0.25, 0.3) is 0 Å². The summed E-state index contributed by atoms with van der Waals surface area (Å²) in [6.45, 7) is 0. The predicted octanol–water partition coefficient (Wildman–Crippen LogP) is 3.04. The molecule has 19 heavy (non-hydrogen) atoms. The predicted molar refractivity (Wildman–Crippen MR) is 75.8 cm³/mol. The highest BCUT2D eigenvalue weighted by Crippen LogP contribution is 2.18. The number of nitrogens with zero attached hydrogens (tertiary/aromatic N) is 3. The van der Waals surface area contributed by atoms with Crippen molar-refractivity contribution in [3.8, 4) is 0 Å². The molecule has 1 heterocycles. The van der Waals surface area contributed by atoms with Crippen molar-refractivity contribution in [3.63, 3.8) is 0 Å². The molecule has 0 radical (unpaired) electrons. The SMILES string of the molecule is Clc1nc(NC2=CC=CC2)nc(NC2=CC=CC2)n1. The van der Waals surface area contributed by atoms with Gasteiger partial charge in [-0.1, -0.05) is 24.3 Å². The molecule has 5 nitrogen and oxygen atoms in total. The zero-order chi connectivity index (χ0) is 13.1. The second kappa shape index (κ2) is 5.24. The molecule has 0 aromatic carbocycles. The lowest BCUT2D eigenvalue weighted by atomic mass is 10.4. The van der Waals surface area contributed by atoms with Crippen molar-refractivity contribution in [1.29, 1.82) is 0 Å². The standard InChI is InChI=1S/C13H12ClN5/c14-11-17-12(15-9-5-1-2-6-9)19-13(18-11)16-10-7-3-4-8-10/h1-5,7H,6,8H2,(H2,15,16,17,18,19). The highest BCUT2D eigenvalue weighted by Gasteiger charge is 2.09. The van der Waals surface area contributed by atoms with Crippen LogP contribution in [0.1, 0.15) is 12.8 Å². The zero-order valence-electron chi connectivity index (χ0n) is 10.1. The number of halogens is 1. The molecule has 6 heteroatoms. The summed E-state index contributed by atoms with van der Waals surface area (Å²) >= 11 is 5.91. The van der Waals surface area contributed by atoms with Gasteiger partial charge in [-0.2, -0.15) is 15.0 Å². The fraction of sp³-hybridized carbons (Fsp3) is 0.154. The number of aromatic nitrogens is 3. The summed E-state index contributed by atoms with van der Waals surface area (Å²) in [5.74, 6) is 0.896. The van der Waals surface area contributed by atoms with Crippen LogP contribution >= 0.6 is 11.6 Å². The number of nitrogens with one attached hydrogen (secondary N) is 2. The summed E-state index contributed by atoms with van der Waals surface area (Å²) in [4.78, 5) is 12.4. The number of anilines is 2. The van der Waals surface area contributed by atoms with Crippen molar-refractivity contribution in [2.24, 2.45) is 0 Å². The lowest BCUT2D eigenvalue weighted by Crippen LogP contribution is -2.08. The van der Waals surface area contributed by atoms with E-state index in [0.29, 0.717) is 11.9 Å². The molecule has 2 aliphatic carbocycles. The maximum atomic E-state index is 5.91. The molecule has 0 amide bonds. The lowest BCUT2D eigenvalue weighted by Gasteiger charge is -2.09. The van der Waals surface area contributed by atoms with E-state index in [1.165, 1.54) is 0 Å². The minimum absolute atomic E-state index is 0.165. The van der Waals surface area contributed by atoms with E-state index in [4.69, 9.17) is 11.6 Å². The van der Waals surface area contributed by atoms with E-state index in [1.54, 1.807) is 0 Å². The topological polar surface area (TPSA) is 62.7 Å². The smallest absolute Gasteiger partial charge is 0.233 e. The first kappa shape index (κ1) is 11.9. The third kappa shape index (κ3) is 3.00. The molecule has 0 fully saturated rings. The second-order valence-electron chi connectivity index (χ2n) is 4.15. The normalized spacial score (nSPS) is 16.5. The van der Waals surface area contributed by atoms with Crippen molar-refractivity contribution >= 4 is 23.5 Å². The molecule has 2 aliphatic rings. The highest BCUT2D eigenvalue weighted by atomic mass is 35.5.